The van der Waals surface area contributed by atoms with Crippen LogP contribution in [-0.2, 0) is 6.18 Å². The SMILES string of the molecule is CC(Nc1ccc(C(F)(F)F)cc1)c1cccc(Cl)c1. The molecule has 0 spiro atoms. The van der Waals surface area contributed by atoms with E-state index in [1.54, 1.807) is 6.07 Å². The number of halogens is 4. The van der Waals surface area contributed by atoms with Crippen LogP contribution in [0.25, 0.3) is 0 Å². The Morgan fingerprint density at radius 1 is 1.05 bits per heavy atom. The van der Waals surface area contributed by atoms with E-state index in [9.17, 15) is 13.2 Å². The summed E-state index contributed by atoms with van der Waals surface area (Å²) in [7, 11) is 0. The van der Waals surface area contributed by atoms with Crippen LogP contribution in [0, 0.1) is 0 Å². The molecule has 0 radical (unpaired) electrons. The van der Waals surface area contributed by atoms with Gasteiger partial charge in [0.15, 0.2) is 0 Å². The van der Waals surface area contributed by atoms with E-state index in [1.165, 1.54) is 12.1 Å². The van der Waals surface area contributed by atoms with Gasteiger partial charge in [0, 0.05) is 16.8 Å². The minimum atomic E-state index is -4.31. The van der Waals surface area contributed by atoms with Crippen molar-refractivity contribution in [1.29, 1.82) is 0 Å². The lowest BCUT2D eigenvalue weighted by Gasteiger charge is -2.16. The van der Waals surface area contributed by atoms with Gasteiger partial charge < -0.3 is 5.32 Å². The third kappa shape index (κ3) is 3.67. The molecule has 2 aromatic carbocycles. The Kier molecular flexibility index (Phi) is 4.23. The van der Waals surface area contributed by atoms with Crippen molar-refractivity contribution < 1.29 is 13.2 Å². The third-order valence-corrected chi connectivity index (χ3v) is 3.18. The summed E-state index contributed by atoms with van der Waals surface area (Å²) in [5.74, 6) is 0. The fourth-order valence-corrected chi connectivity index (χ4v) is 2.06. The standard InChI is InChI=1S/C15H13ClF3N/c1-10(11-3-2-4-13(16)9-11)20-14-7-5-12(6-8-14)15(17,18)19/h2-10,20H,1H3. The third-order valence-electron chi connectivity index (χ3n) is 2.94. The average Bonchev–Trinajstić information content (AvgIpc) is 2.38. The van der Waals surface area contributed by atoms with Gasteiger partial charge in [-0.25, -0.2) is 0 Å². The summed E-state index contributed by atoms with van der Waals surface area (Å²) < 4.78 is 37.4. The number of hydrogen-bond acceptors (Lipinski definition) is 1. The molecule has 1 N–H and O–H groups in total. The van der Waals surface area contributed by atoms with E-state index in [-0.39, 0.29) is 6.04 Å². The molecular weight excluding hydrogens is 287 g/mol. The quantitative estimate of drug-likeness (QED) is 0.785. The van der Waals surface area contributed by atoms with E-state index in [1.807, 2.05) is 25.1 Å². The second-order valence-corrected chi connectivity index (χ2v) is 4.93. The van der Waals surface area contributed by atoms with E-state index in [0.717, 1.165) is 17.7 Å². The van der Waals surface area contributed by atoms with E-state index >= 15 is 0 Å². The number of alkyl halides is 3. The second kappa shape index (κ2) is 5.75. The maximum absolute atomic E-state index is 12.5. The van der Waals surface area contributed by atoms with Crippen LogP contribution in [0.3, 0.4) is 0 Å². The van der Waals surface area contributed by atoms with Gasteiger partial charge in [0.1, 0.15) is 0 Å². The Hall–Kier alpha value is -1.68. The highest BCUT2D eigenvalue weighted by atomic mass is 35.5. The van der Waals surface area contributed by atoms with Gasteiger partial charge in [-0.3, -0.25) is 0 Å². The maximum atomic E-state index is 12.5. The number of anilines is 1. The number of benzene rings is 2. The Labute approximate surface area is 120 Å². The highest BCUT2D eigenvalue weighted by molar-refractivity contribution is 6.30. The molecule has 106 valence electrons. The Balaban J connectivity index is 2.10. The molecule has 0 bridgehead atoms. The smallest absolute Gasteiger partial charge is 0.379 e. The molecule has 5 heteroatoms. The molecule has 0 aliphatic heterocycles. The van der Waals surface area contributed by atoms with Crippen LogP contribution in [0.5, 0.6) is 0 Å². The van der Waals surface area contributed by atoms with Crippen LogP contribution in [0.15, 0.2) is 48.5 Å². The number of nitrogens with one attached hydrogen (secondary N) is 1. The highest BCUT2D eigenvalue weighted by Crippen LogP contribution is 2.30. The van der Waals surface area contributed by atoms with Crippen molar-refractivity contribution in [3.8, 4) is 0 Å². The van der Waals surface area contributed by atoms with Gasteiger partial charge in [0.05, 0.1) is 5.56 Å². The minimum absolute atomic E-state index is 0.0505. The van der Waals surface area contributed by atoms with Crippen molar-refractivity contribution in [2.75, 3.05) is 5.32 Å². The summed E-state index contributed by atoms with van der Waals surface area (Å²) >= 11 is 5.91. The monoisotopic (exact) mass is 299 g/mol. The maximum Gasteiger partial charge on any atom is 0.416 e. The van der Waals surface area contributed by atoms with Crippen LogP contribution in [0.2, 0.25) is 5.02 Å². The van der Waals surface area contributed by atoms with Crippen LogP contribution in [-0.4, -0.2) is 0 Å². The van der Waals surface area contributed by atoms with Crippen molar-refractivity contribution in [1.82, 2.24) is 0 Å². The summed E-state index contributed by atoms with van der Waals surface area (Å²) in [6.45, 7) is 1.92. The van der Waals surface area contributed by atoms with Crippen molar-refractivity contribution in [3.05, 3.63) is 64.7 Å². The molecule has 1 unspecified atom stereocenters. The second-order valence-electron chi connectivity index (χ2n) is 4.50. The molecule has 0 amide bonds. The largest absolute Gasteiger partial charge is 0.416 e. The first-order valence-corrected chi connectivity index (χ1v) is 6.43. The van der Waals surface area contributed by atoms with Gasteiger partial charge in [-0.1, -0.05) is 23.7 Å². The van der Waals surface area contributed by atoms with Gasteiger partial charge in [-0.2, -0.15) is 13.2 Å². The van der Waals surface area contributed by atoms with Crippen molar-refractivity contribution in [2.45, 2.75) is 19.1 Å². The molecule has 0 aromatic heterocycles. The minimum Gasteiger partial charge on any atom is -0.379 e. The molecule has 1 atom stereocenters. The Morgan fingerprint density at radius 2 is 1.70 bits per heavy atom. The fourth-order valence-electron chi connectivity index (χ4n) is 1.86. The van der Waals surface area contributed by atoms with Gasteiger partial charge in [-0.05, 0) is 48.9 Å². The summed E-state index contributed by atoms with van der Waals surface area (Å²) in [5, 5.41) is 3.77. The lowest BCUT2D eigenvalue weighted by Crippen LogP contribution is -2.08. The lowest BCUT2D eigenvalue weighted by atomic mass is 10.1. The molecule has 20 heavy (non-hydrogen) atoms. The van der Waals surface area contributed by atoms with E-state index in [0.29, 0.717) is 10.7 Å². The van der Waals surface area contributed by atoms with Crippen LogP contribution >= 0.6 is 11.6 Å². The fraction of sp³-hybridized carbons (Fsp3) is 0.200. The van der Waals surface area contributed by atoms with Gasteiger partial charge in [0.25, 0.3) is 0 Å². The lowest BCUT2D eigenvalue weighted by molar-refractivity contribution is -0.137. The van der Waals surface area contributed by atoms with Crippen molar-refractivity contribution >= 4 is 17.3 Å². The predicted octanol–water partition coefficient (Wildman–Crippen LogP) is 5.53. The molecule has 0 saturated heterocycles. The molecule has 1 nitrogen and oxygen atoms in total. The molecule has 0 saturated carbocycles. The molecule has 0 aliphatic rings. The van der Waals surface area contributed by atoms with Crippen molar-refractivity contribution in [2.24, 2.45) is 0 Å². The first-order chi connectivity index (χ1) is 9.36. The van der Waals surface area contributed by atoms with Gasteiger partial charge >= 0.3 is 6.18 Å². The van der Waals surface area contributed by atoms with Gasteiger partial charge in [0.2, 0.25) is 0 Å². The molecule has 0 aliphatic carbocycles. The zero-order valence-corrected chi connectivity index (χ0v) is 11.5. The summed E-state index contributed by atoms with van der Waals surface area (Å²) in [5.41, 5.74) is 0.946. The molecule has 2 rings (SSSR count). The van der Waals surface area contributed by atoms with Crippen molar-refractivity contribution in [3.63, 3.8) is 0 Å². The number of hydrogen-bond donors (Lipinski definition) is 1. The Bertz CT molecular complexity index is 578. The molecule has 0 heterocycles. The average molecular weight is 300 g/mol. The summed E-state index contributed by atoms with van der Waals surface area (Å²) in [4.78, 5) is 0. The van der Waals surface area contributed by atoms with Crippen LogP contribution in [0.4, 0.5) is 18.9 Å². The first-order valence-electron chi connectivity index (χ1n) is 6.05. The molecule has 0 fully saturated rings. The van der Waals surface area contributed by atoms with E-state index < -0.39 is 11.7 Å². The zero-order valence-electron chi connectivity index (χ0n) is 10.7. The zero-order chi connectivity index (χ0) is 14.8. The Morgan fingerprint density at radius 3 is 2.25 bits per heavy atom. The highest BCUT2D eigenvalue weighted by Gasteiger charge is 2.29. The first kappa shape index (κ1) is 14.7. The number of rotatable bonds is 3. The summed E-state index contributed by atoms with van der Waals surface area (Å²) in [6.07, 6.45) is -4.31. The topological polar surface area (TPSA) is 12.0 Å². The van der Waals surface area contributed by atoms with Crippen LogP contribution < -0.4 is 5.32 Å². The van der Waals surface area contributed by atoms with E-state index in [4.69, 9.17) is 11.6 Å². The molecular formula is C15H13ClF3N. The van der Waals surface area contributed by atoms with Gasteiger partial charge in [-0.15, -0.1) is 0 Å². The molecule has 2 aromatic rings. The van der Waals surface area contributed by atoms with E-state index in [2.05, 4.69) is 5.32 Å². The normalized spacial score (nSPS) is 13.1. The summed E-state index contributed by atoms with van der Waals surface area (Å²) in [6, 6.07) is 12.3. The predicted molar refractivity (Wildman–Crippen MR) is 74.9 cm³/mol. The van der Waals surface area contributed by atoms with Crippen LogP contribution in [0.1, 0.15) is 24.1 Å².